The summed E-state index contributed by atoms with van der Waals surface area (Å²) in [4.78, 5) is 0.765. The van der Waals surface area contributed by atoms with Crippen molar-refractivity contribution in [2.75, 3.05) is 18.8 Å². The quantitative estimate of drug-likeness (QED) is 0.566. The highest BCUT2D eigenvalue weighted by Crippen LogP contribution is 2.21. The molecule has 0 unspecified atom stereocenters. The van der Waals surface area contributed by atoms with Crippen LogP contribution in [0.1, 0.15) is 19.8 Å². The van der Waals surface area contributed by atoms with E-state index in [0.717, 1.165) is 36.6 Å². The molecule has 0 saturated heterocycles. The van der Waals surface area contributed by atoms with Crippen LogP contribution < -0.4 is 5.32 Å². The normalized spacial score (nSPS) is 10.5. The maximum Gasteiger partial charge on any atom is 0.136 e. The largest absolute Gasteiger partial charge is 0.317 e. The van der Waals surface area contributed by atoms with Gasteiger partial charge in [0, 0.05) is 4.90 Å². The Hall–Kier alpha value is -0.540. The summed E-state index contributed by atoms with van der Waals surface area (Å²) >= 11 is 1.60. The maximum absolute atomic E-state index is 13.2. The van der Waals surface area contributed by atoms with Gasteiger partial charge in [-0.05, 0) is 43.8 Å². The molecule has 84 valence electrons. The highest BCUT2D eigenvalue weighted by atomic mass is 32.2. The number of benzene rings is 1. The lowest BCUT2D eigenvalue weighted by Gasteiger charge is -2.03. The summed E-state index contributed by atoms with van der Waals surface area (Å²) in [6.07, 6.45) is 2.29. The van der Waals surface area contributed by atoms with Crippen molar-refractivity contribution in [3.05, 3.63) is 30.1 Å². The fourth-order valence-corrected chi connectivity index (χ4v) is 2.22. The monoisotopic (exact) mass is 227 g/mol. The van der Waals surface area contributed by atoms with Crippen LogP contribution in [0.15, 0.2) is 29.2 Å². The van der Waals surface area contributed by atoms with Gasteiger partial charge in [0.05, 0.1) is 0 Å². The number of hydrogen-bond donors (Lipinski definition) is 1. The molecule has 1 aromatic rings. The van der Waals surface area contributed by atoms with E-state index in [2.05, 4.69) is 12.2 Å². The fraction of sp³-hybridized carbons (Fsp3) is 0.500. The van der Waals surface area contributed by atoms with Crippen LogP contribution in [0.3, 0.4) is 0 Å². The van der Waals surface area contributed by atoms with Gasteiger partial charge in [-0.3, -0.25) is 0 Å². The molecule has 0 amide bonds. The minimum Gasteiger partial charge on any atom is -0.317 e. The van der Waals surface area contributed by atoms with E-state index in [-0.39, 0.29) is 5.82 Å². The van der Waals surface area contributed by atoms with E-state index < -0.39 is 0 Å². The maximum atomic E-state index is 13.2. The second-order valence-electron chi connectivity index (χ2n) is 3.34. The van der Waals surface area contributed by atoms with Crippen molar-refractivity contribution in [3.63, 3.8) is 0 Å². The van der Waals surface area contributed by atoms with Gasteiger partial charge in [-0.25, -0.2) is 4.39 Å². The highest BCUT2D eigenvalue weighted by molar-refractivity contribution is 7.99. The molecule has 1 nitrogen and oxygen atoms in total. The number of nitrogens with one attached hydrogen (secondary N) is 1. The van der Waals surface area contributed by atoms with Crippen LogP contribution in [-0.2, 0) is 0 Å². The van der Waals surface area contributed by atoms with Gasteiger partial charge >= 0.3 is 0 Å². The van der Waals surface area contributed by atoms with Gasteiger partial charge in [0.25, 0.3) is 0 Å². The standard InChI is InChI=1S/C12H18FNS/c1-2-14-9-5-6-10-15-12-8-4-3-7-11(12)13/h3-4,7-8,14H,2,5-6,9-10H2,1H3. The Morgan fingerprint density at radius 1 is 1.27 bits per heavy atom. The fourth-order valence-electron chi connectivity index (χ4n) is 1.27. The van der Waals surface area contributed by atoms with Crippen LogP contribution in [0.5, 0.6) is 0 Å². The number of halogens is 1. The summed E-state index contributed by atoms with van der Waals surface area (Å²) in [6.45, 7) is 4.20. The molecule has 0 aliphatic carbocycles. The smallest absolute Gasteiger partial charge is 0.136 e. The van der Waals surface area contributed by atoms with Gasteiger partial charge in [-0.1, -0.05) is 19.1 Å². The number of hydrogen-bond acceptors (Lipinski definition) is 2. The third kappa shape index (κ3) is 5.19. The Kier molecular flexibility index (Phi) is 6.44. The average Bonchev–Trinajstić information content (AvgIpc) is 2.25. The molecule has 0 atom stereocenters. The van der Waals surface area contributed by atoms with Gasteiger partial charge in [0.15, 0.2) is 0 Å². The first-order chi connectivity index (χ1) is 7.34. The Bertz CT molecular complexity index is 278. The molecular weight excluding hydrogens is 209 g/mol. The van der Waals surface area contributed by atoms with Crippen molar-refractivity contribution < 1.29 is 4.39 Å². The van der Waals surface area contributed by atoms with Crippen LogP contribution in [-0.4, -0.2) is 18.8 Å². The minimum atomic E-state index is -0.103. The summed E-state index contributed by atoms with van der Waals surface area (Å²) in [5.41, 5.74) is 0. The molecule has 1 N–H and O–H groups in total. The van der Waals surface area contributed by atoms with Crippen LogP contribution in [0, 0.1) is 5.82 Å². The zero-order valence-corrected chi connectivity index (χ0v) is 9.95. The van der Waals surface area contributed by atoms with Crippen molar-refractivity contribution in [3.8, 4) is 0 Å². The van der Waals surface area contributed by atoms with Gasteiger partial charge in [0.2, 0.25) is 0 Å². The van der Waals surface area contributed by atoms with E-state index in [1.165, 1.54) is 6.07 Å². The molecule has 0 aromatic heterocycles. The molecule has 0 radical (unpaired) electrons. The summed E-state index contributed by atoms with van der Waals surface area (Å²) in [5, 5.41) is 3.27. The molecular formula is C12H18FNS. The topological polar surface area (TPSA) is 12.0 Å². The van der Waals surface area contributed by atoms with E-state index in [0.29, 0.717) is 0 Å². The van der Waals surface area contributed by atoms with Crippen molar-refractivity contribution >= 4 is 11.8 Å². The first-order valence-electron chi connectivity index (χ1n) is 5.42. The summed E-state index contributed by atoms with van der Waals surface area (Å²) in [5.74, 6) is 0.890. The van der Waals surface area contributed by atoms with Gasteiger partial charge in [-0.15, -0.1) is 11.8 Å². The first-order valence-corrected chi connectivity index (χ1v) is 6.41. The zero-order chi connectivity index (χ0) is 10.9. The molecule has 0 heterocycles. The molecule has 3 heteroatoms. The SMILES string of the molecule is CCNCCCCSc1ccccc1F. The summed E-state index contributed by atoms with van der Waals surface area (Å²) in [6, 6.07) is 6.96. The van der Waals surface area contributed by atoms with Crippen molar-refractivity contribution in [1.82, 2.24) is 5.32 Å². The number of unbranched alkanes of at least 4 members (excludes halogenated alkanes) is 1. The molecule has 0 aliphatic heterocycles. The molecule has 1 rings (SSSR count). The Morgan fingerprint density at radius 3 is 2.80 bits per heavy atom. The molecule has 0 bridgehead atoms. The summed E-state index contributed by atoms with van der Waals surface area (Å²) in [7, 11) is 0. The lowest BCUT2D eigenvalue weighted by molar-refractivity contribution is 0.601. The van der Waals surface area contributed by atoms with Crippen LogP contribution >= 0.6 is 11.8 Å². The molecule has 15 heavy (non-hydrogen) atoms. The van der Waals surface area contributed by atoms with Crippen molar-refractivity contribution in [2.45, 2.75) is 24.7 Å². The van der Waals surface area contributed by atoms with Gasteiger partial charge in [0.1, 0.15) is 5.82 Å². The average molecular weight is 227 g/mol. The first kappa shape index (κ1) is 12.5. The Labute approximate surface area is 95.5 Å². The van der Waals surface area contributed by atoms with Crippen molar-refractivity contribution in [2.24, 2.45) is 0 Å². The third-order valence-corrected chi connectivity index (χ3v) is 3.23. The van der Waals surface area contributed by atoms with E-state index in [4.69, 9.17) is 0 Å². The minimum absolute atomic E-state index is 0.103. The van der Waals surface area contributed by atoms with Crippen molar-refractivity contribution in [1.29, 1.82) is 0 Å². The van der Waals surface area contributed by atoms with Crippen LogP contribution in [0.25, 0.3) is 0 Å². The zero-order valence-electron chi connectivity index (χ0n) is 9.13. The lowest BCUT2D eigenvalue weighted by atomic mass is 10.3. The summed E-state index contributed by atoms with van der Waals surface area (Å²) < 4.78 is 13.2. The van der Waals surface area contributed by atoms with Crippen LogP contribution in [0.2, 0.25) is 0 Å². The third-order valence-electron chi connectivity index (χ3n) is 2.09. The number of rotatable bonds is 7. The van der Waals surface area contributed by atoms with E-state index in [9.17, 15) is 4.39 Å². The molecule has 0 spiro atoms. The lowest BCUT2D eigenvalue weighted by Crippen LogP contribution is -2.13. The Morgan fingerprint density at radius 2 is 2.07 bits per heavy atom. The molecule has 0 fully saturated rings. The van der Waals surface area contributed by atoms with Gasteiger partial charge in [-0.2, -0.15) is 0 Å². The highest BCUT2D eigenvalue weighted by Gasteiger charge is 1.99. The molecule has 1 aromatic carbocycles. The predicted octanol–water partition coefficient (Wildman–Crippen LogP) is 3.31. The molecule has 0 aliphatic rings. The van der Waals surface area contributed by atoms with Crippen LogP contribution in [0.4, 0.5) is 4.39 Å². The predicted molar refractivity (Wildman–Crippen MR) is 64.9 cm³/mol. The van der Waals surface area contributed by atoms with E-state index >= 15 is 0 Å². The number of thioether (sulfide) groups is 1. The molecule has 0 saturated carbocycles. The van der Waals surface area contributed by atoms with E-state index in [1.54, 1.807) is 17.8 Å². The second-order valence-corrected chi connectivity index (χ2v) is 4.48. The van der Waals surface area contributed by atoms with Gasteiger partial charge < -0.3 is 5.32 Å². The van der Waals surface area contributed by atoms with E-state index in [1.807, 2.05) is 12.1 Å². The second kappa shape index (κ2) is 7.71. The Balaban J connectivity index is 2.12.